The molecule has 2 N–H and O–H groups in total. The van der Waals surface area contributed by atoms with Gasteiger partial charge in [0.05, 0.1) is 5.54 Å². The van der Waals surface area contributed by atoms with Crippen molar-refractivity contribution in [3.05, 3.63) is 0 Å². The van der Waals surface area contributed by atoms with Crippen molar-refractivity contribution in [2.24, 2.45) is 5.73 Å². The third-order valence-electron chi connectivity index (χ3n) is 2.70. The molecule has 0 aromatic rings. The minimum Gasteiger partial charge on any atom is -0.447 e. The third kappa shape index (κ3) is 3.18. The average Bonchev–Trinajstić information content (AvgIpc) is 2.15. The first-order valence-electron chi connectivity index (χ1n) is 5.16. The quantitative estimate of drug-likeness (QED) is 0.732. The lowest BCUT2D eigenvalue weighted by molar-refractivity contribution is 0.0813. The average molecular weight is 200 g/mol. The number of carbonyl (C=O) groups is 1. The van der Waals surface area contributed by atoms with Crippen LogP contribution in [0.1, 0.15) is 32.1 Å². The minimum absolute atomic E-state index is 0.274. The lowest BCUT2D eigenvalue weighted by Gasteiger charge is -2.32. The maximum Gasteiger partial charge on any atom is 0.409 e. The van der Waals surface area contributed by atoms with E-state index >= 15 is 0 Å². The molecule has 1 amide bonds. The van der Waals surface area contributed by atoms with Gasteiger partial charge in [0.25, 0.3) is 0 Å². The summed E-state index contributed by atoms with van der Waals surface area (Å²) in [5.41, 5.74) is 5.84. The van der Waals surface area contributed by atoms with Gasteiger partial charge < -0.3 is 15.4 Å². The monoisotopic (exact) mass is 200 g/mol. The third-order valence-corrected chi connectivity index (χ3v) is 2.70. The molecule has 1 fully saturated rings. The maximum atomic E-state index is 11.2. The van der Waals surface area contributed by atoms with E-state index in [1.54, 1.807) is 14.1 Å². The molecular weight excluding hydrogens is 180 g/mol. The van der Waals surface area contributed by atoms with Crippen molar-refractivity contribution >= 4 is 6.09 Å². The molecule has 0 aromatic carbocycles. The van der Waals surface area contributed by atoms with E-state index in [1.165, 1.54) is 11.3 Å². The first-order chi connectivity index (χ1) is 6.53. The zero-order valence-electron chi connectivity index (χ0n) is 9.08. The highest BCUT2D eigenvalue weighted by atomic mass is 16.6. The van der Waals surface area contributed by atoms with Crippen molar-refractivity contribution in [3.8, 4) is 0 Å². The SMILES string of the molecule is CN(C)C(=O)OCC1(N)CCCCC1. The Balaban J connectivity index is 2.32. The molecule has 0 atom stereocenters. The Hall–Kier alpha value is -0.770. The molecule has 1 aliphatic rings. The molecule has 0 aliphatic heterocycles. The zero-order chi connectivity index (χ0) is 10.6. The van der Waals surface area contributed by atoms with E-state index in [0.717, 1.165) is 25.7 Å². The van der Waals surface area contributed by atoms with Gasteiger partial charge >= 0.3 is 6.09 Å². The molecule has 4 nitrogen and oxygen atoms in total. The Labute approximate surface area is 85.4 Å². The molecule has 82 valence electrons. The molecule has 1 saturated carbocycles. The van der Waals surface area contributed by atoms with E-state index in [4.69, 9.17) is 10.5 Å². The summed E-state index contributed by atoms with van der Waals surface area (Å²) in [6, 6.07) is 0. The standard InChI is InChI=1S/C10H20N2O2/c1-12(2)9(13)14-8-10(11)6-4-3-5-7-10/h3-8,11H2,1-2H3. The van der Waals surface area contributed by atoms with Gasteiger partial charge in [-0.05, 0) is 12.8 Å². The lowest BCUT2D eigenvalue weighted by atomic mass is 9.83. The van der Waals surface area contributed by atoms with Gasteiger partial charge in [0.2, 0.25) is 0 Å². The first-order valence-corrected chi connectivity index (χ1v) is 5.16. The van der Waals surface area contributed by atoms with E-state index in [2.05, 4.69) is 0 Å². The smallest absolute Gasteiger partial charge is 0.409 e. The number of carbonyl (C=O) groups excluding carboxylic acids is 1. The van der Waals surface area contributed by atoms with Crippen LogP contribution in [0.5, 0.6) is 0 Å². The topological polar surface area (TPSA) is 55.6 Å². The molecule has 0 heterocycles. The van der Waals surface area contributed by atoms with Crippen molar-refractivity contribution in [2.75, 3.05) is 20.7 Å². The second-order valence-corrected chi connectivity index (χ2v) is 4.37. The van der Waals surface area contributed by atoms with Gasteiger partial charge in [-0.1, -0.05) is 19.3 Å². The molecule has 0 spiro atoms. The van der Waals surface area contributed by atoms with Crippen LogP contribution in [0.4, 0.5) is 4.79 Å². The van der Waals surface area contributed by atoms with Crippen LogP contribution < -0.4 is 5.73 Å². The fourth-order valence-electron chi connectivity index (χ4n) is 1.73. The fourth-order valence-corrected chi connectivity index (χ4v) is 1.73. The van der Waals surface area contributed by atoms with Crippen LogP contribution in [0.2, 0.25) is 0 Å². The maximum absolute atomic E-state index is 11.2. The summed E-state index contributed by atoms with van der Waals surface area (Å²) in [5.74, 6) is 0. The van der Waals surface area contributed by atoms with Crippen molar-refractivity contribution in [1.82, 2.24) is 4.90 Å². The molecule has 0 radical (unpaired) electrons. The summed E-state index contributed by atoms with van der Waals surface area (Å²) in [4.78, 5) is 12.6. The highest BCUT2D eigenvalue weighted by Crippen LogP contribution is 2.26. The normalized spacial score (nSPS) is 20.2. The van der Waals surface area contributed by atoms with Gasteiger partial charge in [-0.2, -0.15) is 0 Å². The number of hydrogen-bond donors (Lipinski definition) is 1. The summed E-state index contributed by atoms with van der Waals surface area (Å²) < 4.78 is 5.11. The van der Waals surface area contributed by atoms with Gasteiger partial charge in [-0.15, -0.1) is 0 Å². The summed E-state index contributed by atoms with van der Waals surface area (Å²) in [6.45, 7) is 0.351. The van der Waals surface area contributed by atoms with Crippen molar-refractivity contribution in [3.63, 3.8) is 0 Å². The van der Waals surface area contributed by atoms with Crippen LogP contribution in [0.3, 0.4) is 0 Å². The van der Waals surface area contributed by atoms with E-state index in [-0.39, 0.29) is 11.6 Å². The predicted octanol–water partition coefficient (Wildman–Crippen LogP) is 1.35. The summed E-state index contributed by atoms with van der Waals surface area (Å²) >= 11 is 0. The van der Waals surface area contributed by atoms with Crippen LogP contribution in [-0.4, -0.2) is 37.2 Å². The number of nitrogens with two attached hydrogens (primary N) is 1. The fraction of sp³-hybridized carbons (Fsp3) is 0.900. The van der Waals surface area contributed by atoms with Crippen LogP contribution in [0.15, 0.2) is 0 Å². The van der Waals surface area contributed by atoms with Crippen molar-refractivity contribution < 1.29 is 9.53 Å². The van der Waals surface area contributed by atoms with E-state index < -0.39 is 0 Å². The van der Waals surface area contributed by atoms with Crippen molar-refractivity contribution in [2.45, 2.75) is 37.6 Å². The number of hydrogen-bond acceptors (Lipinski definition) is 3. The van der Waals surface area contributed by atoms with Crippen LogP contribution >= 0.6 is 0 Å². The van der Waals surface area contributed by atoms with Gasteiger partial charge in [0.15, 0.2) is 0 Å². The van der Waals surface area contributed by atoms with Crippen LogP contribution in [0.25, 0.3) is 0 Å². The number of rotatable bonds is 2. The molecule has 0 saturated heterocycles. The molecular formula is C10H20N2O2. The predicted molar refractivity (Wildman–Crippen MR) is 55.0 cm³/mol. The lowest BCUT2D eigenvalue weighted by Crippen LogP contribution is -2.47. The summed E-state index contributed by atoms with van der Waals surface area (Å²) in [6.07, 6.45) is 5.17. The zero-order valence-corrected chi connectivity index (χ0v) is 9.08. The molecule has 1 aliphatic carbocycles. The molecule has 0 aromatic heterocycles. The second kappa shape index (κ2) is 4.64. The molecule has 1 rings (SSSR count). The van der Waals surface area contributed by atoms with Gasteiger partial charge in [0.1, 0.15) is 6.61 Å². The molecule has 4 heteroatoms. The first kappa shape index (κ1) is 11.3. The molecule has 14 heavy (non-hydrogen) atoms. The van der Waals surface area contributed by atoms with E-state index in [0.29, 0.717) is 6.61 Å². The number of amides is 1. The Morgan fingerprint density at radius 2 is 1.93 bits per heavy atom. The summed E-state index contributed by atoms with van der Waals surface area (Å²) in [7, 11) is 3.35. The summed E-state index contributed by atoms with van der Waals surface area (Å²) in [5, 5.41) is 0. The van der Waals surface area contributed by atoms with E-state index in [9.17, 15) is 4.79 Å². The molecule has 0 unspecified atom stereocenters. The Kier molecular flexibility index (Phi) is 3.75. The van der Waals surface area contributed by atoms with Crippen LogP contribution in [-0.2, 0) is 4.74 Å². The van der Waals surface area contributed by atoms with Gasteiger partial charge in [-0.3, -0.25) is 0 Å². The second-order valence-electron chi connectivity index (χ2n) is 4.37. The van der Waals surface area contributed by atoms with Crippen LogP contribution in [0, 0.1) is 0 Å². The highest BCUT2D eigenvalue weighted by molar-refractivity contribution is 5.66. The number of ether oxygens (including phenoxy) is 1. The van der Waals surface area contributed by atoms with Gasteiger partial charge in [0, 0.05) is 14.1 Å². The van der Waals surface area contributed by atoms with Gasteiger partial charge in [-0.25, -0.2) is 4.79 Å². The minimum atomic E-state index is -0.305. The Morgan fingerprint density at radius 3 is 2.43 bits per heavy atom. The Morgan fingerprint density at radius 1 is 1.36 bits per heavy atom. The highest BCUT2D eigenvalue weighted by Gasteiger charge is 2.29. The van der Waals surface area contributed by atoms with E-state index in [1.807, 2.05) is 0 Å². The number of nitrogens with zero attached hydrogens (tertiary/aromatic N) is 1. The Bertz CT molecular complexity index is 198. The largest absolute Gasteiger partial charge is 0.447 e. The van der Waals surface area contributed by atoms with Crippen molar-refractivity contribution in [1.29, 1.82) is 0 Å². The molecule has 0 bridgehead atoms.